The second-order valence-electron chi connectivity index (χ2n) is 3.39. The number of carboxylic acids is 1. The number of aryl methyl sites for hydroxylation is 1. The lowest BCUT2D eigenvalue weighted by Gasteiger charge is -1.95. The molecular formula is C10H12N4O2. The fourth-order valence-electron chi connectivity index (χ4n) is 1.43. The Hall–Kier alpha value is -2.11. The third-order valence-electron chi connectivity index (χ3n) is 2.23. The van der Waals surface area contributed by atoms with E-state index in [9.17, 15) is 4.79 Å². The van der Waals surface area contributed by atoms with Crippen molar-refractivity contribution >= 4 is 23.0 Å². The zero-order valence-corrected chi connectivity index (χ0v) is 8.82. The van der Waals surface area contributed by atoms with E-state index >= 15 is 0 Å². The SMILES string of the molecule is CNc1ccc2[nH]c(CCC(=O)O)nc2n1. The van der Waals surface area contributed by atoms with Gasteiger partial charge in [0.05, 0.1) is 11.9 Å². The number of aromatic amines is 1. The lowest BCUT2D eigenvalue weighted by molar-refractivity contribution is -0.137. The predicted molar refractivity (Wildman–Crippen MR) is 59.4 cm³/mol. The maximum absolute atomic E-state index is 10.4. The molecule has 0 atom stereocenters. The Morgan fingerprint density at radius 1 is 1.50 bits per heavy atom. The minimum atomic E-state index is -0.829. The molecule has 0 spiro atoms. The number of imidazole rings is 1. The average Bonchev–Trinajstić information content (AvgIpc) is 2.67. The van der Waals surface area contributed by atoms with Gasteiger partial charge in [-0.15, -0.1) is 0 Å². The molecule has 2 aromatic rings. The number of hydrogen-bond donors (Lipinski definition) is 3. The molecule has 2 rings (SSSR count). The predicted octanol–water partition coefficient (Wildman–Crippen LogP) is 1.02. The largest absolute Gasteiger partial charge is 0.481 e. The molecule has 0 fully saturated rings. The number of aliphatic carboxylic acids is 1. The van der Waals surface area contributed by atoms with Crippen LogP contribution in [0.1, 0.15) is 12.2 Å². The summed E-state index contributed by atoms with van der Waals surface area (Å²) in [6.07, 6.45) is 0.458. The molecule has 0 bridgehead atoms. The molecule has 84 valence electrons. The summed E-state index contributed by atoms with van der Waals surface area (Å²) in [5, 5.41) is 11.5. The molecule has 0 amide bonds. The molecule has 2 heterocycles. The maximum Gasteiger partial charge on any atom is 0.303 e. The van der Waals surface area contributed by atoms with Crippen LogP contribution < -0.4 is 5.32 Å². The molecule has 0 aliphatic heterocycles. The lowest BCUT2D eigenvalue weighted by atomic mass is 10.3. The Morgan fingerprint density at radius 3 is 3.00 bits per heavy atom. The highest BCUT2D eigenvalue weighted by atomic mass is 16.4. The third-order valence-corrected chi connectivity index (χ3v) is 2.23. The van der Waals surface area contributed by atoms with Crippen molar-refractivity contribution < 1.29 is 9.90 Å². The summed E-state index contributed by atoms with van der Waals surface area (Å²) in [5.74, 6) is 0.561. The van der Waals surface area contributed by atoms with E-state index in [1.54, 1.807) is 7.05 Å². The molecular weight excluding hydrogens is 208 g/mol. The molecule has 0 saturated carbocycles. The van der Waals surface area contributed by atoms with Crippen molar-refractivity contribution in [1.29, 1.82) is 0 Å². The van der Waals surface area contributed by atoms with Crippen LogP contribution in [0, 0.1) is 0 Å². The molecule has 2 aromatic heterocycles. The number of aromatic nitrogens is 3. The van der Waals surface area contributed by atoms with E-state index in [2.05, 4.69) is 20.3 Å². The molecule has 3 N–H and O–H groups in total. The van der Waals surface area contributed by atoms with Crippen LogP contribution in [-0.2, 0) is 11.2 Å². The number of pyridine rings is 1. The average molecular weight is 220 g/mol. The van der Waals surface area contributed by atoms with Gasteiger partial charge in [-0.05, 0) is 12.1 Å². The van der Waals surface area contributed by atoms with Crippen molar-refractivity contribution in [2.24, 2.45) is 0 Å². The fraction of sp³-hybridized carbons (Fsp3) is 0.300. The van der Waals surface area contributed by atoms with Crippen molar-refractivity contribution in [2.75, 3.05) is 12.4 Å². The van der Waals surface area contributed by atoms with Gasteiger partial charge in [-0.2, -0.15) is 0 Å². The fourth-order valence-corrected chi connectivity index (χ4v) is 1.43. The molecule has 0 aliphatic carbocycles. The minimum Gasteiger partial charge on any atom is -0.481 e. The van der Waals surface area contributed by atoms with Crippen molar-refractivity contribution in [3.05, 3.63) is 18.0 Å². The lowest BCUT2D eigenvalue weighted by Crippen LogP contribution is -1.98. The smallest absolute Gasteiger partial charge is 0.303 e. The molecule has 0 aromatic carbocycles. The summed E-state index contributed by atoms with van der Waals surface area (Å²) in [6, 6.07) is 3.70. The van der Waals surface area contributed by atoms with E-state index < -0.39 is 5.97 Å². The monoisotopic (exact) mass is 220 g/mol. The summed E-state index contributed by atoms with van der Waals surface area (Å²) in [7, 11) is 1.78. The Labute approximate surface area is 91.7 Å². The molecule has 0 aliphatic rings. The van der Waals surface area contributed by atoms with Gasteiger partial charge in [-0.3, -0.25) is 4.79 Å². The number of hydrogen-bond acceptors (Lipinski definition) is 4. The number of nitrogens with zero attached hydrogens (tertiary/aromatic N) is 2. The zero-order valence-electron chi connectivity index (χ0n) is 8.82. The standard InChI is InChI=1S/C10H12N4O2/c1-11-7-3-2-6-10(13-7)14-8(12-6)4-5-9(15)16/h2-3H,4-5H2,1H3,(H,15,16)(H2,11,12,13,14). The van der Waals surface area contributed by atoms with Crippen LogP contribution in [0.3, 0.4) is 0 Å². The molecule has 16 heavy (non-hydrogen) atoms. The van der Waals surface area contributed by atoms with Crippen molar-refractivity contribution in [1.82, 2.24) is 15.0 Å². The first-order valence-electron chi connectivity index (χ1n) is 4.94. The summed E-state index contributed by atoms with van der Waals surface area (Å²) >= 11 is 0. The van der Waals surface area contributed by atoms with Crippen molar-refractivity contribution in [3.63, 3.8) is 0 Å². The van der Waals surface area contributed by atoms with Gasteiger partial charge in [-0.25, -0.2) is 9.97 Å². The summed E-state index contributed by atoms with van der Waals surface area (Å²) in [5.41, 5.74) is 1.42. The van der Waals surface area contributed by atoms with Gasteiger partial charge in [-0.1, -0.05) is 0 Å². The van der Waals surface area contributed by atoms with Crippen LogP contribution in [0.15, 0.2) is 12.1 Å². The van der Waals surface area contributed by atoms with Crippen LogP contribution in [-0.4, -0.2) is 33.1 Å². The van der Waals surface area contributed by atoms with Crippen LogP contribution in [0.5, 0.6) is 0 Å². The Bertz CT molecular complexity index is 521. The van der Waals surface area contributed by atoms with Gasteiger partial charge in [0, 0.05) is 13.5 Å². The molecule has 0 radical (unpaired) electrons. The molecule has 0 unspecified atom stereocenters. The van der Waals surface area contributed by atoms with Gasteiger partial charge in [0.15, 0.2) is 5.65 Å². The van der Waals surface area contributed by atoms with Gasteiger partial charge < -0.3 is 15.4 Å². The van der Waals surface area contributed by atoms with Crippen molar-refractivity contribution in [2.45, 2.75) is 12.8 Å². The number of H-pyrrole nitrogens is 1. The minimum absolute atomic E-state index is 0.0682. The second kappa shape index (κ2) is 4.18. The number of fused-ring (bicyclic) bond motifs is 1. The third kappa shape index (κ3) is 2.10. The van der Waals surface area contributed by atoms with E-state index in [4.69, 9.17) is 5.11 Å². The first kappa shape index (κ1) is 10.4. The molecule has 6 heteroatoms. The van der Waals surface area contributed by atoms with Gasteiger partial charge in [0.25, 0.3) is 0 Å². The van der Waals surface area contributed by atoms with E-state index in [0.29, 0.717) is 17.9 Å². The number of anilines is 1. The quantitative estimate of drug-likeness (QED) is 0.715. The van der Waals surface area contributed by atoms with E-state index in [0.717, 1.165) is 11.3 Å². The first-order valence-corrected chi connectivity index (χ1v) is 4.94. The van der Waals surface area contributed by atoms with Crippen LogP contribution in [0.25, 0.3) is 11.2 Å². The number of rotatable bonds is 4. The van der Waals surface area contributed by atoms with E-state index in [1.807, 2.05) is 12.1 Å². The highest BCUT2D eigenvalue weighted by Gasteiger charge is 2.06. The normalized spacial score (nSPS) is 10.6. The molecule has 6 nitrogen and oxygen atoms in total. The van der Waals surface area contributed by atoms with E-state index in [-0.39, 0.29) is 6.42 Å². The zero-order chi connectivity index (χ0) is 11.5. The van der Waals surface area contributed by atoms with Crippen LogP contribution in [0.2, 0.25) is 0 Å². The number of carbonyl (C=O) groups is 1. The highest BCUT2D eigenvalue weighted by molar-refractivity contribution is 5.73. The Balaban J connectivity index is 2.25. The van der Waals surface area contributed by atoms with Crippen LogP contribution in [0.4, 0.5) is 5.82 Å². The Kier molecular flexibility index (Phi) is 2.72. The second-order valence-corrected chi connectivity index (χ2v) is 3.39. The maximum atomic E-state index is 10.4. The number of nitrogens with one attached hydrogen (secondary N) is 2. The summed E-state index contributed by atoms with van der Waals surface area (Å²) < 4.78 is 0. The molecule has 0 saturated heterocycles. The van der Waals surface area contributed by atoms with Crippen LogP contribution >= 0.6 is 0 Å². The summed E-state index contributed by atoms with van der Waals surface area (Å²) in [6.45, 7) is 0. The first-order chi connectivity index (χ1) is 7.69. The number of carboxylic acid groups (broad SMARTS) is 1. The van der Waals surface area contributed by atoms with Gasteiger partial charge >= 0.3 is 5.97 Å². The summed E-state index contributed by atoms with van der Waals surface area (Å²) in [4.78, 5) is 21.9. The van der Waals surface area contributed by atoms with Gasteiger partial charge in [0.2, 0.25) is 0 Å². The van der Waals surface area contributed by atoms with Gasteiger partial charge in [0.1, 0.15) is 11.6 Å². The van der Waals surface area contributed by atoms with Crippen molar-refractivity contribution in [3.8, 4) is 0 Å². The Morgan fingerprint density at radius 2 is 2.31 bits per heavy atom. The topological polar surface area (TPSA) is 90.9 Å². The van der Waals surface area contributed by atoms with E-state index in [1.165, 1.54) is 0 Å². The highest BCUT2D eigenvalue weighted by Crippen LogP contribution is 2.13.